The molecule has 60 heavy (non-hydrogen) atoms. The molecular weight excluding hydrogens is 784 g/mol. The zero-order valence-electron chi connectivity index (χ0n) is 36.7. The highest BCUT2D eigenvalue weighted by Crippen LogP contribution is 2.26. The van der Waals surface area contributed by atoms with Crippen molar-refractivity contribution in [1.29, 1.82) is 21.0 Å². The van der Waals surface area contributed by atoms with Gasteiger partial charge in [-0.05, 0) is 108 Å². The minimum atomic E-state index is -1.44. The van der Waals surface area contributed by atoms with Gasteiger partial charge in [0.05, 0.1) is 37.5 Å². The third-order valence-electron chi connectivity index (χ3n) is 8.45. The van der Waals surface area contributed by atoms with E-state index in [0.29, 0.717) is 26.1 Å². The van der Waals surface area contributed by atoms with Gasteiger partial charge in [-0.2, -0.15) is 41.5 Å². The van der Waals surface area contributed by atoms with Crippen LogP contribution in [-0.4, -0.2) is 97.6 Å². The quantitative estimate of drug-likeness (QED) is 0.0234. The molecule has 0 rings (SSSR count). The third-order valence-corrected chi connectivity index (χ3v) is 8.45. The van der Waals surface area contributed by atoms with E-state index < -0.39 is 71.2 Å². The maximum absolute atomic E-state index is 12.5. The summed E-state index contributed by atoms with van der Waals surface area (Å²) in [5.74, 6) is -2.40. The van der Waals surface area contributed by atoms with Crippen molar-refractivity contribution in [3.05, 3.63) is 0 Å². The monoisotopic (exact) mass is 846 g/mol. The molecule has 0 aromatic heterocycles. The number of nitriles is 4. The fourth-order valence-corrected chi connectivity index (χ4v) is 4.62. The number of hydrogen-bond donors (Lipinski definition) is 0. The van der Waals surface area contributed by atoms with Crippen LogP contribution in [0.1, 0.15) is 133 Å². The molecule has 8 unspecified atom stereocenters. The Bertz CT molecular complexity index is 1490. The molecule has 0 aliphatic heterocycles. The summed E-state index contributed by atoms with van der Waals surface area (Å²) in [6.07, 6.45) is -2.88. The normalized spacial score (nSPS) is 17.4. The highest BCUT2D eigenvalue weighted by Gasteiger charge is 2.32. The standard InChI is InChI=1S/C40H62N8O12/c1-11-53-29(3)57-33(49)15-19-37(7,25-41)45-47-39(9,27-43)21-17-35(51)59-31(5)55-23-13-14-24-56-32(6)60-36(52)18-22-40(10,28-44)48-46-38(8,26-42)20-16-34(50)58-30(4)54-12-2/h29-32H,11-24H2,1-10H3/b47-45-,48-46-. The molecule has 0 aromatic rings. The molecule has 0 saturated heterocycles. The summed E-state index contributed by atoms with van der Waals surface area (Å²) in [5, 5.41) is 54.9. The van der Waals surface area contributed by atoms with Crippen molar-refractivity contribution in [2.45, 2.75) is 181 Å². The number of hydrogen-bond acceptors (Lipinski definition) is 20. The lowest BCUT2D eigenvalue weighted by molar-refractivity contribution is -0.178. The lowest BCUT2D eigenvalue weighted by Crippen LogP contribution is -2.27. The molecule has 0 N–H and O–H groups in total. The second kappa shape index (κ2) is 28.4. The van der Waals surface area contributed by atoms with E-state index in [-0.39, 0.29) is 64.6 Å². The van der Waals surface area contributed by atoms with Crippen LogP contribution in [0, 0.1) is 45.3 Å². The van der Waals surface area contributed by atoms with Gasteiger partial charge in [0.2, 0.25) is 0 Å². The van der Waals surface area contributed by atoms with E-state index >= 15 is 0 Å². The lowest BCUT2D eigenvalue weighted by Gasteiger charge is -2.20. The molecule has 0 fully saturated rings. The van der Waals surface area contributed by atoms with Crippen molar-refractivity contribution < 1.29 is 57.1 Å². The van der Waals surface area contributed by atoms with Gasteiger partial charge in [0.25, 0.3) is 0 Å². The molecule has 334 valence electrons. The largest absolute Gasteiger partial charge is 0.436 e. The number of carbonyl (C=O) groups is 4. The summed E-state index contributed by atoms with van der Waals surface area (Å²) in [7, 11) is 0. The van der Waals surface area contributed by atoms with Crippen LogP contribution in [0.4, 0.5) is 0 Å². The summed E-state index contributed by atoms with van der Waals surface area (Å²) in [4.78, 5) is 49.1. The number of carbonyl (C=O) groups excluding carboxylic acids is 4. The van der Waals surface area contributed by atoms with Crippen molar-refractivity contribution in [3.63, 3.8) is 0 Å². The number of nitrogens with zero attached hydrogens (tertiary/aromatic N) is 8. The van der Waals surface area contributed by atoms with Crippen LogP contribution in [0.5, 0.6) is 0 Å². The van der Waals surface area contributed by atoms with E-state index in [9.17, 15) is 40.2 Å². The van der Waals surface area contributed by atoms with Crippen LogP contribution >= 0.6 is 0 Å². The van der Waals surface area contributed by atoms with Crippen molar-refractivity contribution in [3.8, 4) is 24.3 Å². The van der Waals surface area contributed by atoms with E-state index in [1.54, 1.807) is 41.5 Å². The summed E-state index contributed by atoms with van der Waals surface area (Å²) in [5.41, 5.74) is -5.69. The maximum Gasteiger partial charge on any atom is 0.308 e. The first-order valence-electron chi connectivity index (χ1n) is 19.9. The average Bonchev–Trinajstić information content (AvgIpc) is 3.20. The SMILES string of the molecule is CCOC(C)OC(=O)CCC(C)(C#N)/N=N\C(C)(C#N)CCC(=O)OC(C)OCCCCOC(C)OC(=O)CCC(C)(C#N)/N=N\C(C)(C#N)CCC(=O)OC(C)OCC. The summed E-state index contributed by atoms with van der Waals surface area (Å²) in [6, 6.07) is 8.00. The summed E-state index contributed by atoms with van der Waals surface area (Å²) in [6.45, 7) is 16.8. The highest BCUT2D eigenvalue weighted by molar-refractivity contribution is 5.70. The van der Waals surface area contributed by atoms with Crippen molar-refractivity contribution >= 4 is 23.9 Å². The second-order valence-corrected chi connectivity index (χ2v) is 14.5. The van der Waals surface area contributed by atoms with E-state index in [0.717, 1.165) is 0 Å². The van der Waals surface area contributed by atoms with Crippen LogP contribution in [0.25, 0.3) is 0 Å². The molecule has 0 radical (unpaired) electrons. The van der Waals surface area contributed by atoms with Crippen LogP contribution in [-0.2, 0) is 57.1 Å². The molecule has 0 spiro atoms. The third kappa shape index (κ3) is 24.7. The average molecular weight is 847 g/mol. The fourth-order valence-electron chi connectivity index (χ4n) is 4.62. The first-order valence-corrected chi connectivity index (χ1v) is 19.9. The molecule has 8 atom stereocenters. The van der Waals surface area contributed by atoms with Crippen molar-refractivity contribution in [1.82, 2.24) is 0 Å². The molecule has 0 saturated carbocycles. The molecule has 0 bridgehead atoms. The molecule has 0 amide bonds. The van der Waals surface area contributed by atoms with Crippen LogP contribution in [0.3, 0.4) is 0 Å². The molecule has 0 aliphatic rings. The first kappa shape index (κ1) is 54.9. The Morgan fingerprint density at radius 3 is 0.867 bits per heavy atom. The Morgan fingerprint density at radius 2 is 0.667 bits per heavy atom. The Labute approximate surface area is 353 Å². The van der Waals surface area contributed by atoms with Gasteiger partial charge in [-0.1, -0.05) is 0 Å². The minimum absolute atomic E-state index is 0.00612. The molecule has 0 aliphatic carbocycles. The van der Waals surface area contributed by atoms with E-state index in [1.165, 1.54) is 27.7 Å². The molecule has 20 heteroatoms. The van der Waals surface area contributed by atoms with Crippen LogP contribution in [0.15, 0.2) is 20.5 Å². The van der Waals surface area contributed by atoms with Crippen LogP contribution in [0.2, 0.25) is 0 Å². The predicted molar refractivity (Wildman–Crippen MR) is 209 cm³/mol. The van der Waals surface area contributed by atoms with E-state index in [2.05, 4.69) is 20.5 Å². The van der Waals surface area contributed by atoms with Gasteiger partial charge >= 0.3 is 23.9 Å². The van der Waals surface area contributed by atoms with Gasteiger partial charge < -0.3 is 37.9 Å². The van der Waals surface area contributed by atoms with Gasteiger partial charge in [0.15, 0.2) is 47.3 Å². The smallest absolute Gasteiger partial charge is 0.308 e. The van der Waals surface area contributed by atoms with Crippen molar-refractivity contribution in [2.75, 3.05) is 26.4 Å². The Balaban J connectivity index is 4.62. The maximum atomic E-state index is 12.5. The topological polar surface area (TPSA) is 287 Å². The Kier molecular flexibility index (Phi) is 25.9. The van der Waals surface area contributed by atoms with Gasteiger partial charge in [0.1, 0.15) is 0 Å². The zero-order chi connectivity index (χ0) is 45.8. The fraction of sp³-hybridized carbons (Fsp3) is 0.800. The number of esters is 4. The van der Waals surface area contributed by atoms with Crippen molar-refractivity contribution in [2.24, 2.45) is 20.5 Å². The number of rotatable bonds is 31. The van der Waals surface area contributed by atoms with Gasteiger partial charge in [-0.15, -0.1) is 0 Å². The zero-order valence-corrected chi connectivity index (χ0v) is 36.7. The summed E-state index contributed by atoms with van der Waals surface area (Å²) < 4.78 is 42.2. The lowest BCUT2D eigenvalue weighted by atomic mass is 9.97. The summed E-state index contributed by atoms with van der Waals surface area (Å²) >= 11 is 0. The predicted octanol–water partition coefficient (Wildman–Crippen LogP) is 6.58. The molecule has 0 heterocycles. The Hall–Kier alpha value is -5.12. The number of ether oxygens (including phenoxy) is 8. The number of azo groups is 2. The molecule has 0 aromatic carbocycles. The molecule has 20 nitrogen and oxygen atoms in total. The van der Waals surface area contributed by atoms with Crippen LogP contribution < -0.4 is 0 Å². The highest BCUT2D eigenvalue weighted by atomic mass is 16.7. The van der Waals surface area contributed by atoms with Gasteiger partial charge in [-0.25, -0.2) is 0 Å². The Morgan fingerprint density at radius 1 is 0.450 bits per heavy atom. The minimum Gasteiger partial charge on any atom is -0.436 e. The second-order valence-electron chi connectivity index (χ2n) is 14.5. The van der Waals surface area contributed by atoms with Gasteiger partial charge in [0, 0.05) is 38.9 Å². The van der Waals surface area contributed by atoms with E-state index in [1.807, 2.05) is 24.3 Å². The first-order chi connectivity index (χ1) is 28.1. The number of unbranched alkanes of at least 4 members (excludes halogenated alkanes) is 1. The van der Waals surface area contributed by atoms with E-state index in [4.69, 9.17) is 37.9 Å². The molecular formula is C40H62N8O12. The van der Waals surface area contributed by atoms with Gasteiger partial charge in [-0.3, -0.25) is 19.2 Å².